The van der Waals surface area contributed by atoms with E-state index in [1.165, 1.54) is 12.1 Å². The summed E-state index contributed by atoms with van der Waals surface area (Å²) in [6.07, 6.45) is 4.82. The van der Waals surface area contributed by atoms with E-state index in [0.29, 0.717) is 0 Å². The standard InChI is InChI=1S/C13H12F3N3S/c1-9(12-8-17-6-7-18-12)19-10-2-4-11(5-3-10)20-13(14,15)16/h2-9,19H,1H3. The lowest BCUT2D eigenvalue weighted by Crippen LogP contribution is -2.08. The first-order valence-electron chi connectivity index (χ1n) is 5.82. The maximum atomic E-state index is 12.2. The first-order valence-corrected chi connectivity index (χ1v) is 6.64. The predicted octanol–water partition coefficient (Wildman–Crippen LogP) is 4.26. The van der Waals surface area contributed by atoms with Crippen molar-refractivity contribution in [1.29, 1.82) is 0 Å². The molecular weight excluding hydrogens is 287 g/mol. The molecule has 3 nitrogen and oxygen atoms in total. The van der Waals surface area contributed by atoms with Gasteiger partial charge >= 0.3 is 5.51 Å². The van der Waals surface area contributed by atoms with E-state index in [1.807, 2.05) is 6.92 Å². The van der Waals surface area contributed by atoms with Crippen molar-refractivity contribution in [1.82, 2.24) is 9.97 Å². The van der Waals surface area contributed by atoms with Gasteiger partial charge in [0.1, 0.15) is 0 Å². The van der Waals surface area contributed by atoms with Gasteiger partial charge in [-0.2, -0.15) is 13.2 Å². The van der Waals surface area contributed by atoms with E-state index in [0.717, 1.165) is 11.4 Å². The number of rotatable bonds is 4. The lowest BCUT2D eigenvalue weighted by atomic mass is 10.2. The van der Waals surface area contributed by atoms with Gasteiger partial charge in [0.25, 0.3) is 0 Å². The number of hydrogen-bond donors (Lipinski definition) is 1. The Labute approximate surface area is 118 Å². The van der Waals surface area contributed by atoms with Crippen molar-refractivity contribution < 1.29 is 13.2 Å². The fourth-order valence-electron chi connectivity index (χ4n) is 1.61. The summed E-state index contributed by atoms with van der Waals surface area (Å²) in [5, 5.41) is 3.16. The molecule has 0 aliphatic heterocycles. The van der Waals surface area contributed by atoms with Crippen LogP contribution in [0.3, 0.4) is 0 Å². The highest BCUT2D eigenvalue weighted by Crippen LogP contribution is 2.37. The monoisotopic (exact) mass is 299 g/mol. The molecule has 7 heteroatoms. The van der Waals surface area contributed by atoms with Gasteiger partial charge in [0.2, 0.25) is 0 Å². The molecule has 0 aliphatic rings. The van der Waals surface area contributed by atoms with Gasteiger partial charge < -0.3 is 5.32 Å². The van der Waals surface area contributed by atoms with Crippen LogP contribution in [-0.2, 0) is 0 Å². The van der Waals surface area contributed by atoms with E-state index in [-0.39, 0.29) is 22.7 Å². The second-order valence-electron chi connectivity index (χ2n) is 4.07. The van der Waals surface area contributed by atoms with E-state index in [9.17, 15) is 13.2 Å². The van der Waals surface area contributed by atoms with Gasteiger partial charge in [-0.05, 0) is 43.0 Å². The molecule has 2 rings (SSSR count). The summed E-state index contributed by atoms with van der Waals surface area (Å²) in [6.45, 7) is 1.91. The van der Waals surface area contributed by atoms with Crippen LogP contribution in [0.5, 0.6) is 0 Å². The van der Waals surface area contributed by atoms with Crippen molar-refractivity contribution in [3.63, 3.8) is 0 Å². The van der Waals surface area contributed by atoms with Crippen molar-refractivity contribution in [3.8, 4) is 0 Å². The minimum absolute atomic E-state index is 0.0789. The van der Waals surface area contributed by atoms with Crippen LogP contribution in [0.1, 0.15) is 18.7 Å². The van der Waals surface area contributed by atoms with Gasteiger partial charge in [-0.1, -0.05) is 0 Å². The number of aromatic nitrogens is 2. The molecule has 1 atom stereocenters. The number of hydrogen-bond acceptors (Lipinski definition) is 4. The van der Waals surface area contributed by atoms with Crippen LogP contribution in [0, 0.1) is 0 Å². The van der Waals surface area contributed by atoms with Crippen LogP contribution < -0.4 is 5.32 Å². The van der Waals surface area contributed by atoms with Crippen LogP contribution in [-0.4, -0.2) is 15.5 Å². The third kappa shape index (κ3) is 4.41. The molecule has 1 N–H and O–H groups in total. The number of halogens is 3. The molecule has 0 fully saturated rings. The molecular formula is C13H12F3N3S. The zero-order valence-electron chi connectivity index (χ0n) is 10.6. The lowest BCUT2D eigenvalue weighted by Gasteiger charge is -2.14. The number of benzene rings is 1. The summed E-state index contributed by atoms with van der Waals surface area (Å²) in [5.41, 5.74) is -2.77. The number of nitrogens with one attached hydrogen (secondary N) is 1. The number of thioether (sulfide) groups is 1. The van der Waals surface area contributed by atoms with E-state index < -0.39 is 5.51 Å². The van der Waals surface area contributed by atoms with Crippen LogP contribution in [0.15, 0.2) is 47.8 Å². The lowest BCUT2D eigenvalue weighted by molar-refractivity contribution is -0.0328. The molecule has 0 saturated carbocycles. The third-order valence-corrected chi connectivity index (χ3v) is 3.24. The Morgan fingerprint density at radius 2 is 1.85 bits per heavy atom. The van der Waals surface area contributed by atoms with Gasteiger partial charge in [-0.15, -0.1) is 0 Å². The second-order valence-corrected chi connectivity index (χ2v) is 5.21. The number of alkyl halides is 3. The van der Waals surface area contributed by atoms with Gasteiger partial charge in [-0.25, -0.2) is 0 Å². The van der Waals surface area contributed by atoms with Crippen molar-refractivity contribution in [3.05, 3.63) is 48.5 Å². The zero-order chi connectivity index (χ0) is 14.6. The predicted molar refractivity (Wildman–Crippen MR) is 72.4 cm³/mol. The quantitative estimate of drug-likeness (QED) is 0.856. The average Bonchev–Trinajstić information content (AvgIpc) is 2.40. The topological polar surface area (TPSA) is 37.8 Å². The van der Waals surface area contributed by atoms with Gasteiger partial charge in [-0.3, -0.25) is 9.97 Å². The fourth-order valence-corrected chi connectivity index (χ4v) is 2.15. The molecule has 1 unspecified atom stereocenters. The highest BCUT2D eigenvalue weighted by molar-refractivity contribution is 8.00. The Morgan fingerprint density at radius 3 is 2.40 bits per heavy atom. The molecule has 1 heterocycles. The van der Waals surface area contributed by atoms with Crippen LogP contribution in [0.4, 0.5) is 18.9 Å². The highest BCUT2D eigenvalue weighted by atomic mass is 32.2. The van der Waals surface area contributed by atoms with Gasteiger partial charge in [0.15, 0.2) is 0 Å². The summed E-state index contributed by atoms with van der Waals surface area (Å²) in [6, 6.07) is 6.01. The average molecular weight is 299 g/mol. The van der Waals surface area contributed by atoms with Crippen LogP contribution in [0.2, 0.25) is 0 Å². The molecule has 0 radical (unpaired) electrons. The molecule has 0 saturated heterocycles. The SMILES string of the molecule is CC(Nc1ccc(SC(F)(F)F)cc1)c1cnccn1. The maximum absolute atomic E-state index is 12.2. The highest BCUT2D eigenvalue weighted by Gasteiger charge is 2.28. The summed E-state index contributed by atoms with van der Waals surface area (Å²) in [4.78, 5) is 8.30. The van der Waals surface area contributed by atoms with Crippen molar-refractivity contribution in [2.75, 3.05) is 5.32 Å². The van der Waals surface area contributed by atoms with Crippen molar-refractivity contribution >= 4 is 17.4 Å². The van der Waals surface area contributed by atoms with Crippen LogP contribution >= 0.6 is 11.8 Å². The first kappa shape index (κ1) is 14.6. The molecule has 2 aromatic rings. The van der Waals surface area contributed by atoms with E-state index >= 15 is 0 Å². The van der Waals surface area contributed by atoms with Crippen molar-refractivity contribution in [2.24, 2.45) is 0 Å². The molecule has 0 bridgehead atoms. The smallest absolute Gasteiger partial charge is 0.377 e. The zero-order valence-corrected chi connectivity index (χ0v) is 11.4. The Balaban J connectivity index is 2.00. The molecule has 106 valence electrons. The Bertz CT molecular complexity index is 543. The molecule has 0 spiro atoms. The Hall–Kier alpha value is -1.76. The number of anilines is 1. The Kier molecular flexibility index (Phi) is 4.49. The normalized spacial score (nSPS) is 13.0. The van der Waals surface area contributed by atoms with E-state index in [2.05, 4.69) is 15.3 Å². The second kappa shape index (κ2) is 6.13. The molecule has 0 amide bonds. The summed E-state index contributed by atoms with van der Waals surface area (Å²) in [7, 11) is 0. The number of nitrogens with zero attached hydrogens (tertiary/aromatic N) is 2. The fraction of sp³-hybridized carbons (Fsp3) is 0.231. The Morgan fingerprint density at radius 1 is 1.15 bits per heavy atom. The molecule has 1 aromatic carbocycles. The van der Waals surface area contributed by atoms with E-state index in [1.54, 1.807) is 30.7 Å². The molecule has 20 heavy (non-hydrogen) atoms. The van der Waals surface area contributed by atoms with Crippen LogP contribution in [0.25, 0.3) is 0 Å². The van der Waals surface area contributed by atoms with Gasteiger partial charge in [0.05, 0.1) is 17.9 Å². The molecule has 0 aliphatic carbocycles. The third-order valence-electron chi connectivity index (χ3n) is 2.50. The van der Waals surface area contributed by atoms with E-state index in [4.69, 9.17) is 0 Å². The minimum Gasteiger partial charge on any atom is -0.377 e. The van der Waals surface area contributed by atoms with Gasteiger partial charge in [0, 0.05) is 23.0 Å². The summed E-state index contributed by atoms with van der Waals surface area (Å²) < 4.78 is 36.6. The summed E-state index contributed by atoms with van der Waals surface area (Å²) >= 11 is -0.125. The first-order chi connectivity index (χ1) is 9.44. The molecule has 1 aromatic heterocycles. The summed E-state index contributed by atoms with van der Waals surface area (Å²) in [5.74, 6) is 0. The maximum Gasteiger partial charge on any atom is 0.446 e. The minimum atomic E-state index is -4.26. The largest absolute Gasteiger partial charge is 0.446 e. The van der Waals surface area contributed by atoms with Crippen molar-refractivity contribution in [2.45, 2.75) is 23.4 Å².